The fraction of sp³-hybridized carbons (Fsp3) is 0.158. The third-order valence-corrected chi connectivity index (χ3v) is 4.57. The van der Waals surface area contributed by atoms with Crippen LogP contribution in [0.15, 0.2) is 64.5 Å². The molecule has 0 spiro atoms. The van der Waals surface area contributed by atoms with E-state index in [1.807, 2.05) is 30.3 Å². The molecule has 0 bridgehead atoms. The summed E-state index contributed by atoms with van der Waals surface area (Å²) >= 11 is 1.13. The van der Waals surface area contributed by atoms with Crippen molar-refractivity contribution in [3.63, 3.8) is 0 Å². The number of thioether (sulfide) groups is 1. The molecular formula is C19H18N4O3S. The number of aryl methyl sites for hydroxylation is 1. The van der Waals surface area contributed by atoms with Gasteiger partial charge in [-0.1, -0.05) is 30.0 Å². The Labute approximate surface area is 160 Å². The van der Waals surface area contributed by atoms with Crippen LogP contribution in [-0.4, -0.2) is 26.3 Å². The maximum absolute atomic E-state index is 12.3. The number of amides is 1. The van der Waals surface area contributed by atoms with Gasteiger partial charge in [-0.15, -0.1) is 10.2 Å². The number of nitrogens with zero attached hydrogens (tertiary/aromatic N) is 2. The quantitative estimate of drug-likeness (QED) is 0.635. The molecule has 7 nitrogen and oxygen atoms in total. The summed E-state index contributed by atoms with van der Waals surface area (Å²) in [5.74, 6) is 1.21. The summed E-state index contributed by atoms with van der Waals surface area (Å²) in [4.78, 5) is 26.5. The number of aromatic nitrogens is 3. The third-order valence-electron chi connectivity index (χ3n) is 3.60. The molecule has 138 valence electrons. The van der Waals surface area contributed by atoms with Gasteiger partial charge < -0.3 is 10.1 Å². The van der Waals surface area contributed by atoms with Crippen molar-refractivity contribution in [1.29, 1.82) is 0 Å². The number of hydrogen-bond donors (Lipinski definition) is 2. The van der Waals surface area contributed by atoms with Crippen LogP contribution in [-0.2, 0) is 4.79 Å². The molecule has 0 aliphatic carbocycles. The van der Waals surface area contributed by atoms with E-state index < -0.39 is 5.25 Å². The van der Waals surface area contributed by atoms with Gasteiger partial charge in [0.05, 0.1) is 5.25 Å². The number of benzene rings is 2. The van der Waals surface area contributed by atoms with E-state index in [9.17, 15) is 9.59 Å². The van der Waals surface area contributed by atoms with Crippen LogP contribution < -0.4 is 15.6 Å². The first kappa shape index (κ1) is 18.7. The van der Waals surface area contributed by atoms with Crippen LogP contribution in [0.2, 0.25) is 0 Å². The van der Waals surface area contributed by atoms with Crippen molar-refractivity contribution >= 4 is 23.4 Å². The number of nitrogens with one attached hydrogen (secondary N) is 2. The predicted octanol–water partition coefficient (Wildman–Crippen LogP) is 3.38. The van der Waals surface area contributed by atoms with Crippen LogP contribution in [0.4, 0.5) is 5.69 Å². The second-order valence-corrected chi connectivity index (χ2v) is 7.06. The van der Waals surface area contributed by atoms with E-state index in [0.29, 0.717) is 16.6 Å². The number of anilines is 1. The Balaban J connectivity index is 1.58. The van der Waals surface area contributed by atoms with Gasteiger partial charge in [0.1, 0.15) is 17.2 Å². The molecule has 0 radical (unpaired) electrons. The van der Waals surface area contributed by atoms with Crippen LogP contribution in [0.5, 0.6) is 11.5 Å². The Morgan fingerprint density at radius 2 is 1.74 bits per heavy atom. The zero-order chi connectivity index (χ0) is 19.2. The molecule has 2 N–H and O–H groups in total. The molecule has 1 unspecified atom stereocenters. The van der Waals surface area contributed by atoms with E-state index in [2.05, 4.69) is 20.5 Å². The second kappa shape index (κ2) is 8.50. The van der Waals surface area contributed by atoms with Crippen molar-refractivity contribution in [1.82, 2.24) is 15.2 Å². The molecule has 3 rings (SSSR count). The van der Waals surface area contributed by atoms with Crippen molar-refractivity contribution in [2.75, 3.05) is 5.32 Å². The first-order valence-corrected chi connectivity index (χ1v) is 9.13. The van der Waals surface area contributed by atoms with E-state index >= 15 is 0 Å². The molecule has 0 saturated carbocycles. The minimum atomic E-state index is -0.460. The molecule has 1 aromatic heterocycles. The fourth-order valence-corrected chi connectivity index (χ4v) is 2.87. The molecule has 1 amide bonds. The van der Waals surface area contributed by atoms with Crippen molar-refractivity contribution in [2.24, 2.45) is 0 Å². The van der Waals surface area contributed by atoms with E-state index in [0.717, 1.165) is 17.5 Å². The molecule has 1 heterocycles. The van der Waals surface area contributed by atoms with Crippen molar-refractivity contribution in [2.45, 2.75) is 24.3 Å². The van der Waals surface area contributed by atoms with Crippen LogP contribution >= 0.6 is 11.8 Å². The van der Waals surface area contributed by atoms with Crippen LogP contribution in [0.1, 0.15) is 12.6 Å². The van der Waals surface area contributed by atoms with Gasteiger partial charge in [-0.05, 0) is 50.2 Å². The standard InChI is InChI=1S/C19H18N4O3S/c1-12-17(24)21-19(23-22-12)27-13(2)18(25)20-14-8-10-16(11-9-14)26-15-6-4-3-5-7-15/h3-11,13H,1-2H3,(H,20,25)(H,21,23,24). The molecule has 2 aromatic carbocycles. The summed E-state index contributed by atoms with van der Waals surface area (Å²) in [6.07, 6.45) is 0. The van der Waals surface area contributed by atoms with Crippen molar-refractivity contribution < 1.29 is 9.53 Å². The molecule has 0 fully saturated rings. The largest absolute Gasteiger partial charge is 0.457 e. The van der Waals surface area contributed by atoms with Crippen molar-refractivity contribution in [3.8, 4) is 11.5 Å². The zero-order valence-electron chi connectivity index (χ0n) is 14.8. The summed E-state index contributed by atoms with van der Waals surface area (Å²) in [7, 11) is 0. The number of para-hydroxylation sites is 1. The highest BCUT2D eigenvalue weighted by molar-refractivity contribution is 8.00. The van der Waals surface area contributed by atoms with E-state index in [4.69, 9.17) is 4.74 Å². The lowest BCUT2D eigenvalue weighted by Crippen LogP contribution is -2.23. The van der Waals surface area contributed by atoms with Gasteiger partial charge in [-0.3, -0.25) is 14.6 Å². The molecule has 0 aliphatic heterocycles. The number of carbonyl (C=O) groups excluding carboxylic acids is 1. The highest BCUT2D eigenvalue weighted by Gasteiger charge is 2.16. The molecule has 0 saturated heterocycles. The first-order chi connectivity index (χ1) is 13.0. The Hall–Kier alpha value is -3.13. The minimum Gasteiger partial charge on any atom is -0.457 e. The summed E-state index contributed by atoms with van der Waals surface area (Å²) in [5.41, 5.74) is 0.625. The van der Waals surface area contributed by atoms with Gasteiger partial charge in [-0.25, -0.2) is 0 Å². The van der Waals surface area contributed by atoms with Crippen LogP contribution in [0, 0.1) is 6.92 Å². The number of carbonyl (C=O) groups is 1. The summed E-state index contributed by atoms with van der Waals surface area (Å²) in [6, 6.07) is 16.5. The van der Waals surface area contributed by atoms with Gasteiger partial charge >= 0.3 is 0 Å². The smallest absolute Gasteiger partial charge is 0.273 e. The molecule has 3 aromatic rings. The van der Waals surface area contributed by atoms with Crippen LogP contribution in [0.3, 0.4) is 0 Å². The lowest BCUT2D eigenvalue weighted by atomic mass is 10.3. The molecule has 0 aliphatic rings. The maximum Gasteiger partial charge on any atom is 0.273 e. The van der Waals surface area contributed by atoms with E-state index in [1.54, 1.807) is 38.1 Å². The predicted molar refractivity (Wildman–Crippen MR) is 104 cm³/mol. The van der Waals surface area contributed by atoms with Gasteiger partial charge in [-0.2, -0.15) is 0 Å². The number of H-pyrrole nitrogens is 1. The molecule has 1 atom stereocenters. The Bertz CT molecular complexity index is 974. The number of ether oxygens (including phenoxy) is 1. The van der Waals surface area contributed by atoms with Gasteiger partial charge in [0.2, 0.25) is 5.91 Å². The van der Waals surface area contributed by atoms with Crippen molar-refractivity contribution in [3.05, 3.63) is 70.6 Å². The number of hydrogen-bond acceptors (Lipinski definition) is 6. The van der Waals surface area contributed by atoms with Crippen LogP contribution in [0.25, 0.3) is 0 Å². The second-order valence-electron chi connectivity index (χ2n) is 5.73. The lowest BCUT2D eigenvalue weighted by molar-refractivity contribution is -0.115. The lowest BCUT2D eigenvalue weighted by Gasteiger charge is -2.12. The Morgan fingerprint density at radius 3 is 2.41 bits per heavy atom. The summed E-state index contributed by atoms with van der Waals surface area (Å²) < 4.78 is 5.72. The van der Waals surface area contributed by atoms with Gasteiger partial charge in [0, 0.05) is 5.69 Å². The number of rotatable bonds is 6. The average Bonchev–Trinajstić information content (AvgIpc) is 2.67. The maximum atomic E-state index is 12.3. The molecule has 27 heavy (non-hydrogen) atoms. The normalized spacial score (nSPS) is 11.6. The highest BCUT2D eigenvalue weighted by Crippen LogP contribution is 2.24. The minimum absolute atomic E-state index is 0.208. The van der Waals surface area contributed by atoms with E-state index in [1.165, 1.54) is 0 Å². The molecular weight excluding hydrogens is 364 g/mol. The fourth-order valence-electron chi connectivity index (χ4n) is 2.13. The first-order valence-electron chi connectivity index (χ1n) is 8.25. The third kappa shape index (κ3) is 5.18. The molecule has 8 heteroatoms. The summed E-state index contributed by atoms with van der Waals surface area (Å²) in [5, 5.41) is 10.3. The monoisotopic (exact) mass is 382 g/mol. The SMILES string of the molecule is Cc1nnc(SC(C)C(=O)Nc2ccc(Oc3ccccc3)cc2)[nH]c1=O. The highest BCUT2D eigenvalue weighted by atomic mass is 32.2. The number of aromatic amines is 1. The van der Waals surface area contributed by atoms with Gasteiger partial charge in [0.15, 0.2) is 5.16 Å². The topological polar surface area (TPSA) is 97.0 Å². The summed E-state index contributed by atoms with van der Waals surface area (Å²) in [6.45, 7) is 3.30. The Kier molecular flexibility index (Phi) is 5.87. The van der Waals surface area contributed by atoms with Gasteiger partial charge in [0.25, 0.3) is 5.56 Å². The average molecular weight is 382 g/mol. The van der Waals surface area contributed by atoms with E-state index in [-0.39, 0.29) is 17.2 Å². The Morgan fingerprint density at radius 1 is 1.07 bits per heavy atom. The zero-order valence-corrected chi connectivity index (χ0v) is 15.6.